The molecule has 0 saturated carbocycles. The first kappa shape index (κ1) is 8.75. The zero-order valence-electron chi connectivity index (χ0n) is 7.16. The number of nitrogens with zero attached hydrogens (tertiary/aromatic N) is 1. The Bertz CT molecular complexity index is 132. The van der Waals surface area contributed by atoms with Gasteiger partial charge in [-0.25, -0.2) is 0 Å². The molecule has 0 amide bonds. The van der Waals surface area contributed by atoms with Crippen LogP contribution in [0, 0.1) is 0 Å². The fraction of sp³-hybridized carbons (Fsp3) is 0.778. The van der Waals surface area contributed by atoms with Crippen LogP contribution >= 0.6 is 0 Å². The van der Waals surface area contributed by atoms with E-state index in [1.165, 1.54) is 30.7 Å². The van der Waals surface area contributed by atoms with Gasteiger partial charge in [-0.2, -0.15) is 5.06 Å². The Kier molecular flexibility index (Phi) is 3.60. The summed E-state index contributed by atoms with van der Waals surface area (Å²) in [6.07, 6.45) is 10.4. The Morgan fingerprint density at radius 1 is 1.36 bits per heavy atom. The third-order valence-electron chi connectivity index (χ3n) is 2.21. The smallest absolute Gasteiger partial charge is 0.0527 e. The van der Waals surface area contributed by atoms with Gasteiger partial charge in [0.05, 0.1) is 6.04 Å². The second-order valence-corrected chi connectivity index (χ2v) is 3.21. The summed E-state index contributed by atoms with van der Waals surface area (Å²) in [5.74, 6) is 0. The van der Waals surface area contributed by atoms with Crippen molar-refractivity contribution in [3.63, 3.8) is 0 Å². The molecule has 0 heterocycles. The molecule has 0 bridgehead atoms. The lowest BCUT2D eigenvalue weighted by Crippen LogP contribution is -2.26. The molecule has 1 atom stereocenters. The molecular formula is C9H17NO. The molecule has 1 rings (SSSR count). The van der Waals surface area contributed by atoms with Gasteiger partial charge in [0.15, 0.2) is 0 Å². The summed E-state index contributed by atoms with van der Waals surface area (Å²) in [6, 6.07) is 0.246. The minimum Gasteiger partial charge on any atom is -0.314 e. The monoisotopic (exact) mass is 155 g/mol. The second-order valence-electron chi connectivity index (χ2n) is 3.21. The SMILES string of the molecule is CN(O)C1/C=C\CCCCC1. The van der Waals surface area contributed by atoms with E-state index in [0.29, 0.717) is 0 Å². The van der Waals surface area contributed by atoms with Crippen LogP contribution < -0.4 is 0 Å². The first-order valence-electron chi connectivity index (χ1n) is 4.39. The molecule has 2 nitrogen and oxygen atoms in total. The van der Waals surface area contributed by atoms with Crippen molar-refractivity contribution < 1.29 is 5.21 Å². The average molecular weight is 155 g/mol. The van der Waals surface area contributed by atoms with E-state index in [0.717, 1.165) is 6.42 Å². The maximum Gasteiger partial charge on any atom is 0.0527 e. The first-order chi connectivity index (χ1) is 5.30. The molecule has 64 valence electrons. The first-order valence-corrected chi connectivity index (χ1v) is 4.39. The van der Waals surface area contributed by atoms with Gasteiger partial charge in [-0.05, 0) is 19.3 Å². The molecule has 0 aliphatic heterocycles. The summed E-state index contributed by atoms with van der Waals surface area (Å²) in [6.45, 7) is 0. The average Bonchev–Trinajstić information content (AvgIpc) is 1.84. The molecule has 0 fully saturated rings. The number of rotatable bonds is 1. The molecule has 0 aromatic heterocycles. The topological polar surface area (TPSA) is 23.5 Å². The van der Waals surface area contributed by atoms with Crippen LogP contribution in [0.4, 0.5) is 0 Å². The summed E-state index contributed by atoms with van der Waals surface area (Å²) >= 11 is 0. The summed E-state index contributed by atoms with van der Waals surface area (Å²) < 4.78 is 0. The van der Waals surface area contributed by atoms with Gasteiger partial charge in [0.2, 0.25) is 0 Å². The minimum absolute atomic E-state index is 0.246. The largest absolute Gasteiger partial charge is 0.314 e. The summed E-state index contributed by atoms with van der Waals surface area (Å²) in [5.41, 5.74) is 0. The van der Waals surface area contributed by atoms with Crippen LogP contribution in [0.3, 0.4) is 0 Å². The van der Waals surface area contributed by atoms with Gasteiger partial charge in [0, 0.05) is 7.05 Å². The molecule has 2 heteroatoms. The minimum atomic E-state index is 0.246. The van der Waals surface area contributed by atoms with Crippen molar-refractivity contribution in [1.82, 2.24) is 5.06 Å². The van der Waals surface area contributed by atoms with E-state index in [4.69, 9.17) is 0 Å². The van der Waals surface area contributed by atoms with Crippen LogP contribution in [0.5, 0.6) is 0 Å². The third-order valence-corrected chi connectivity index (χ3v) is 2.21. The molecule has 1 aliphatic rings. The standard InChI is InChI=1S/C9H17NO/c1-10(11)9-7-5-3-2-4-6-8-9/h5,7,9,11H,2-4,6,8H2,1H3/b7-5-. The highest BCUT2D eigenvalue weighted by molar-refractivity contribution is 4.93. The lowest BCUT2D eigenvalue weighted by atomic mass is 10.0. The predicted octanol–water partition coefficient (Wildman–Crippen LogP) is 2.20. The summed E-state index contributed by atoms with van der Waals surface area (Å²) in [7, 11) is 1.72. The van der Waals surface area contributed by atoms with E-state index in [1.54, 1.807) is 7.05 Å². The fourth-order valence-corrected chi connectivity index (χ4v) is 1.45. The van der Waals surface area contributed by atoms with Gasteiger partial charge >= 0.3 is 0 Å². The van der Waals surface area contributed by atoms with Crippen LogP contribution in [0.1, 0.15) is 32.1 Å². The van der Waals surface area contributed by atoms with Crippen molar-refractivity contribution in [3.05, 3.63) is 12.2 Å². The van der Waals surface area contributed by atoms with E-state index in [2.05, 4.69) is 12.2 Å². The van der Waals surface area contributed by atoms with Gasteiger partial charge in [0.1, 0.15) is 0 Å². The fourth-order valence-electron chi connectivity index (χ4n) is 1.45. The second kappa shape index (κ2) is 4.52. The molecule has 0 radical (unpaired) electrons. The molecule has 0 aromatic carbocycles. The van der Waals surface area contributed by atoms with Gasteiger partial charge in [-0.1, -0.05) is 25.0 Å². The highest BCUT2D eigenvalue weighted by atomic mass is 16.5. The zero-order valence-corrected chi connectivity index (χ0v) is 7.16. The van der Waals surface area contributed by atoms with E-state index in [9.17, 15) is 5.21 Å². The lowest BCUT2D eigenvalue weighted by molar-refractivity contribution is -0.0904. The van der Waals surface area contributed by atoms with Crippen molar-refractivity contribution >= 4 is 0 Å². The van der Waals surface area contributed by atoms with E-state index < -0.39 is 0 Å². The van der Waals surface area contributed by atoms with E-state index in [1.807, 2.05) is 0 Å². The Morgan fingerprint density at radius 2 is 2.18 bits per heavy atom. The van der Waals surface area contributed by atoms with Crippen molar-refractivity contribution in [1.29, 1.82) is 0 Å². The predicted molar refractivity (Wildman–Crippen MR) is 45.6 cm³/mol. The number of hydroxylamine groups is 2. The maximum atomic E-state index is 9.18. The molecule has 1 aliphatic carbocycles. The molecule has 0 aromatic rings. The van der Waals surface area contributed by atoms with Crippen LogP contribution in [-0.4, -0.2) is 23.4 Å². The van der Waals surface area contributed by atoms with Crippen LogP contribution in [0.15, 0.2) is 12.2 Å². The van der Waals surface area contributed by atoms with Crippen LogP contribution in [0.2, 0.25) is 0 Å². The quantitative estimate of drug-likeness (QED) is 0.463. The Hall–Kier alpha value is -0.340. The molecule has 1 N–H and O–H groups in total. The van der Waals surface area contributed by atoms with Gasteiger partial charge < -0.3 is 5.21 Å². The van der Waals surface area contributed by atoms with Crippen molar-refractivity contribution in [2.24, 2.45) is 0 Å². The van der Waals surface area contributed by atoms with Crippen LogP contribution in [0.25, 0.3) is 0 Å². The zero-order chi connectivity index (χ0) is 8.10. The maximum absolute atomic E-state index is 9.18. The molecule has 0 saturated heterocycles. The third kappa shape index (κ3) is 3.04. The van der Waals surface area contributed by atoms with Gasteiger partial charge in [-0.3, -0.25) is 0 Å². The van der Waals surface area contributed by atoms with E-state index >= 15 is 0 Å². The number of allylic oxidation sites excluding steroid dienone is 1. The normalized spacial score (nSPS) is 29.5. The number of hydrogen-bond acceptors (Lipinski definition) is 2. The number of hydrogen-bond donors (Lipinski definition) is 1. The summed E-state index contributed by atoms with van der Waals surface area (Å²) in [4.78, 5) is 0. The van der Waals surface area contributed by atoms with Gasteiger partial charge in [0.25, 0.3) is 0 Å². The molecular weight excluding hydrogens is 138 g/mol. The van der Waals surface area contributed by atoms with Crippen molar-refractivity contribution in [3.8, 4) is 0 Å². The van der Waals surface area contributed by atoms with Crippen molar-refractivity contribution in [2.45, 2.75) is 38.1 Å². The Balaban J connectivity index is 2.42. The van der Waals surface area contributed by atoms with Crippen molar-refractivity contribution in [2.75, 3.05) is 7.05 Å². The van der Waals surface area contributed by atoms with E-state index in [-0.39, 0.29) is 6.04 Å². The van der Waals surface area contributed by atoms with Crippen LogP contribution in [-0.2, 0) is 0 Å². The molecule has 1 unspecified atom stereocenters. The Morgan fingerprint density at radius 3 is 2.91 bits per heavy atom. The number of likely N-dealkylation sites (N-methyl/N-ethyl adjacent to an activating group) is 1. The molecule has 11 heavy (non-hydrogen) atoms. The Labute approximate surface area is 68.5 Å². The lowest BCUT2D eigenvalue weighted by Gasteiger charge is -2.20. The van der Waals surface area contributed by atoms with Gasteiger partial charge in [-0.15, -0.1) is 0 Å². The highest BCUT2D eigenvalue weighted by Gasteiger charge is 2.09. The highest BCUT2D eigenvalue weighted by Crippen LogP contribution is 2.13. The molecule has 0 spiro atoms. The summed E-state index contributed by atoms with van der Waals surface area (Å²) in [5, 5.41) is 10.5.